The molecular formula is C10H9BrClN3. The fourth-order valence-corrected chi connectivity index (χ4v) is 2.10. The average Bonchev–Trinajstić information content (AvgIpc) is 2.65. The zero-order valence-corrected chi connectivity index (χ0v) is 10.5. The Labute approximate surface area is 101 Å². The summed E-state index contributed by atoms with van der Waals surface area (Å²) in [6, 6.07) is 6.05. The molecule has 0 aliphatic carbocycles. The van der Waals surface area contributed by atoms with Gasteiger partial charge in [0.25, 0.3) is 0 Å². The average molecular weight is 287 g/mol. The third kappa shape index (κ3) is 2.06. The molecule has 2 aromatic rings. The van der Waals surface area contributed by atoms with Crippen molar-refractivity contribution in [2.45, 2.75) is 12.8 Å². The normalized spacial score (nSPS) is 10.6. The number of hydrogen-bond donors (Lipinski definition) is 0. The highest BCUT2D eigenvalue weighted by Gasteiger charge is 2.07. The van der Waals surface area contributed by atoms with Crippen molar-refractivity contribution in [1.82, 2.24) is 14.8 Å². The Balaban J connectivity index is 2.54. The molecule has 2 rings (SSSR count). The van der Waals surface area contributed by atoms with Crippen molar-refractivity contribution in [2.24, 2.45) is 0 Å². The van der Waals surface area contributed by atoms with Crippen molar-refractivity contribution in [3.8, 4) is 5.69 Å². The lowest BCUT2D eigenvalue weighted by Crippen LogP contribution is -2.00. The molecule has 0 unspecified atom stereocenters. The Morgan fingerprint density at radius 2 is 2.27 bits per heavy atom. The van der Waals surface area contributed by atoms with E-state index in [1.165, 1.54) is 0 Å². The van der Waals surface area contributed by atoms with E-state index in [9.17, 15) is 0 Å². The maximum absolute atomic E-state index is 5.77. The predicted molar refractivity (Wildman–Crippen MR) is 63.4 cm³/mol. The van der Waals surface area contributed by atoms with E-state index in [1.807, 2.05) is 29.7 Å². The van der Waals surface area contributed by atoms with Gasteiger partial charge < -0.3 is 0 Å². The molecule has 0 fully saturated rings. The summed E-state index contributed by atoms with van der Waals surface area (Å²) >= 11 is 9.20. The molecule has 0 atom stereocenters. The number of halogens is 2. The molecule has 15 heavy (non-hydrogen) atoms. The van der Waals surface area contributed by atoms with E-state index >= 15 is 0 Å². The van der Waals surface area contributed by atoms with Gasteiger partial charge in [-0.3, -0.25) is 4.57 Å². The van der Waals surface area contributed by atoms with Crippen LogP contribution in [0.4, 0.5) is 0 Å². The van der Waals surface area contributed by atoms with Gasteiger partial charge in [0.05, 0.1) is 11.6 Å². The van der Waals surface area contributed by atoms with E-state index in [4.69, 9.17) is 11.6 Å². The van der Waals surface area contributed by atoms with Crippen LogP contribution in [-0.4, -0.2) is 14.8 Å². The molecule has 0 N–H and O–H groups in total. The first-order chi connectivity index (χ1) is 7.22. The molecule has 0 aliphatic rings. The minimum atomic E-state index is 0.357. The van der Waals surface area contributed by atoms with Crippen LogP contribution >= 0.6 is 27.5 Å². The minimum absolute atomic E-state index is 0.357. The summed E-state index contributed by atoms with van der Waals surface area (Å²) in [5, 5.41) is 7.79. The van der Waals surface area contributed by atoms with Crippen molar-refractivity contribution in [3.05, 3.63) is 40.4 Å². The first-order valence-electron chi connectivity index (χ1n) is 4.44. The predicted octanol–water partition coefficient (Wildman–Crippen LogP) is 3.08. The SMILES string of the molecule is Cc1cc(Br)ccc1-n1cnnc1CCl. The second-order valence-electron chi connectivity index (χ2n) is 3.18. The first-order valence-corrected chi connectivity index (χ1v) is 5.76. The van der Waals surface area contributed by atoms with Crippen LogP contribution in [-0.2, 0) is 5.88 Å². The largest absolute Gasteiger partial charge is 0.284 e. The summed E-state index contributed by atoms with van der Waals surface area (Å²) in [5.41, 5.74) is 2.20. The van der Waals surface area contributed by atoms with Crippen molar-refractivity contribution < 1.29 is 0 Å². The molecule has 0 saturated heterocycles. The van der Waals surface area contributed by atoms with Crippen molar-refractivity contribution in [1.29, 1.82) is 0 Å². The molecule has 1 heterocycles. The van der Waals surface area contributed by atoms with Gasteiger partial charge in [-0.1, -0.05) is 15.9 Å². The van der Waals surface area contributed by atoms with Crippen LogP contribution in [0.3, 0.4) is 0 Å². The van der Waals surface area contributed by atoms with Crippen LogP contribution in [0.1, 0.15) is 11.4 Å². The number of rotatable bonds is 2. The third-order valence-corrected chi connectivity index (χ3v) is 2.89. The highest BCUT2D eigenvalue weighted by atomic mass is 79.9. The quantitative estimate of drug-likeness (QED) is 0.794. The number of alkyl halides is 1. The molecule has 0 bridgehead atoms. The number of nitrogens with zero attached hydrogens (tertiary/aromatic N) is 3. The number of aryl methyl sites for hydroxylation is 1. The third-order valence-electron chi connectivity index (χ3n) is 2.16. The summed E-state index contributed by atoms with van der Waals surface area (Å²) in [4.78, 5) is 0. The van der Waals surface area contributed by atoms with Crippen LogP contribution < -0.4 is 0 Å². The first kappa shape index (κ1) is 10.6. The van der Waals surface area contributed by atoms with Gasteiger partial charge in [0.1, 0.15) is 6.33 Å². The second-order valence-corrected chi connectivity index (χ2v) is 4.36. The van der Waals surface area contributed by atoms with Crippen LogP contribution in [0.5, 0.6) is 0 Å². The van der Waals surface area contributed by atoms with Crippen LogP contribution in [0.15, 0.2) is 29.0 Å². The van der Waals surface area contributed by atoms with E-state index in [-0.39, 0.29) is 0 Å². The van der Waals surface area contributed by atoms with E-state index in [0.717, 1.165) is 21.5 Å². The lowest BCUT2D eigenvalue weighted by molar-refractivity contribution is 0.943. The molecule has 0 saturated carbocycles. The van der Waals surface area contributed by atoms with Crippen molar-refractivity contribution in [2.75, 3.05) is 0 Å². The van der Waals surface area contributed by atoms with Gasteiger partial charge >= 0.3 is 0 Å². The molecule has 0 spiro atoms. The smallest absolute Gasteiger partial charge is 0.152 e. The molecule has 78 valence electrons. The molecule has 5 heteroatoms. The Bertz CT molecular complexity index is 481. The molecular weight excluding hydrogens is 277 g/mol. The monoisotopic (exact) mass is 285 g/mol. The van der Waals surface area contributed by atoms with Gasteiger partial charge in [-0.15, -0.1) is 21.8 Å². The topological polar surface area (TPSA) is 30.7 Å². The molecule has 3 nitrogen and oxygen atoms in total. The highest BCUT2D eigenvalue weighted by molar-refractivity contribution is 9.10. The summed E-state index contributed by atoms with van der Waals surface area (Å²) in [6.07, 6.45) is 1.67. The zero-order valence-electron chi connectivity index (χ0n) is 8.11. The number of hydrogen-bond acceptors (Lipinski definition) is 2. The Morgan fingerprint density at radius 1 is 1.47 bits per heavy atom. The van der Waals surface area contributed by atoms with Gasteiger partial charge in [0.15, 0.2) is 5.82 Å². The van der Waals surface area contributed by atoms with E-state index in [1.54, 1.807) is 6.33 Å². The minimum Gasteiger partial charge on any atom is -0.284 e. The van der Waals surface area contributed by atoms with Gasteiger partial charge in [-0.25, -0.2) is 0 Å². The van der Waals surface area contributed by atoms with E-state index < -0.39 is 0 Å². The number of benzene rings is 1. The summed E-state index contributed by atoms with van der Waals surface area (Å²) in [7, 11) is 0. The van der Waals surface area contributed by atoms with Crippen molar-refractivity contribution in [3.63, 3.8) is 0 Å². The van der Waals surface area contributed by atoms with Gasteiger partial charge in [0, 0.05) is 4.47 Å². The zero-order chi connectivity index (χ0) is 10.8. The maximum Gasteiger partial charge on any atom is 0.152 e. The fourth-order valence-electron chi connectivity index (χ4n) is 1.44. The van der Waals surface area contributed by atoms with E-state index in [0.29, 0.717) is 5.88 Å². The maximum atomic E-state index is 5.77. The Morgan fingerprint density at radius 3 is 2.93 bits per heavy atom. The van der Waals surface area contributed by atoms with Crippen LogP contribution in [0, 0.1) is 6.92 Å². The highest BCUT2D eigenvalue weighted by Crippen LogP contribution is 2.20. The lowest BCUT2D eigenvalue weighted by Gasteiger charge is -2.08. The standard InChI is InChI=1S/C10H9BrClN3/c1-7-4-8(11)2-3-9(7)15-6-13-14-10(15)5-12/h2-4,6H,5H2,1H3. The Kier molecular flexibility index (Phi) is 3.07. The Hall–Kier alpha value is -0.870. The van der Waals surface area contributed by atoms with Gasteiger partial charge in [-0.2, -0.15) is 0 Å². The molecule has 1 aromatic carbocycles. The molecule has 0 aliphatic heterocycles. The van der Waals surface area contributed by atoms with E-state index in [2.05, 4.69) is 26.1 Å². The molecule has 1 aromatic heterocycles. The summed E-state index contributed by atoms with van der Waals surface area (Å²) in [6.45, 7) is 2.04. The molecule has 0 amide bonds. The summed E-state index contributed by atoms with van der Waals surface area (Å²) in [5.74, 6) is 1.11. The summed E-state index contributed by atoms with van der Waals surface area (Å²) < 4.78 is 2.96. The lowest BCUT2D eigenvalue weighted by atomic mass is 10.2. The van der Waals surface area contributed by atoms with Gasteiger partial charge in [0.2, 0.25) is 0 Å². The van der Waals surface area contributed by atoms with Crippen molar-refractivity contribution >= 4 is 27.5 Å². The fraction of sp³-hybridized carbons (Fsp3) is 0.200. The molecule has 0 radical (unpaired) electrons. The van der Waals surface area contributed by atoms with Crippen LogP contribution in [0.25, 0.3) is 5.69 Å². The van der Waals surface area contributed by atoms with Crippen LogP contribution in [0.2, 0.25) is 0 Å². The second kappa shape index (κ2) is 4.33. The number of aromatic nitrogens is 3. The van der Waals surface area contributed by atoms with Gasteiger partial charge in [-0.05, 0) is 30.7 Å².